The molecule has 0 saturated heterocycles. The first-order valence-corrected chi connectivity index (χ1v) is 8.73. The van der Waals surface area contributed by atoms with E-state index < -0.39 is 8.88 Å². The summed E-state index contributed by atoms with van der Waals surface area (Å²) in [5.74, 6) is 0.713. The number of rotatable bonds is 7. The Bertz CT molecular complexity index is 211. The number of hydrogen-bond acceptors (Lipinski definition) is 4. The molecule has 17 heavy (non-hydrogen) atoms. The molecule has 1 aliphatic rings. The maximum Gasteiger partial charge on any atom is 0.516 e. The highest BCUT2D eigenvalue weighted by Gasteiger charge is 2.41. The first kappa shape index (κ1) is 15.1. The van der Waals surface area contributed by atoms with Crippen LogP contribution in [-0.2, 0) is 8.85 Å². The van der Waals surface area contributed by atoms with E-state index in [1.807, 2.05) is 20.9 Å². The predicted molar refractivity (Wildman–Crippen MR) is 72.6 cm³/mol. The van der Waals surface area contributed by atoms with Gasteiger partial charge in [-0.25, -0.2) is 0 Å². The van der Waals surface area contributed by atoms with Gasteiger partial charge in [-0.3, -0.25) is 9.96 Å². The standard InChI is InChI=1S/C12H28N2O2Si/c1-5-15-17(13-4,16-6-2)14-12-10-8-7-9-11(12)3/h11-14H,5-10H2,1-4H3. The number of nitrogens with one attached hydrogen (secondary N) is 2. The van der Waals surface area contributed by atoms with E-state index in [1.54, 1.807) is 0 Å². The lowest BCUT2D eigenvalue weighted by Gasteiger charge is -2.37. The Morgan fingerprint density at radius 2 is 1.71 bits per heavy atom. The third-order valence-corrected chi connectivity index (χ3v) is 6.31. The second-order valence-corrected chi connectivity index (χ2v) is 7.34. The average molecular weight is 260 g/mol. The fourth-order valence-corrected chi connectivity index (χ4v) is 4.94. The van der Waals surface area contributed by atoms with Crippen LogP contribution in [-0.4, -0.2) is 35.2 Å². The van der Waals surface area contributed by atoms with E-state index >= 15 is 0 Å². The molecule has 2 N–H and O–H groups in total. The van der Waals surface area contributed by atoms with Crippen molar-refractivity contribution in [3.05, 3.63) is 0 Å². The zero-order chi connectivity index (χ0) is 12.7. The summed E-state index contributed by atoms with van der Waals surface area (Å²) in [6.45, 7) is 7.72. The third kappa shape index (κ3) is 4.33. The Balaban J connectivity index is 2.62. The molecule has 0 heterocycles. The normalized spacial score (nSPS) is 26.1. The summed E-state index contributed by atoms with van der Waals surface area (Å²) in [5.41, 5.74) is 0. The van der Waals surface area contributed by atoms with Crippen LogP contribution in [0.3, 0.4) is 0 Å². The molecule has 0 radical (unpaired) electrons. The SMILES string of the molecule is CCO[Si](NC)(NC1CCCCC1C)OCC. The van der Waals surface area contributed by atoms with Gasteiger partial charge in [-0.2, -0.15) is 0 Å². The van der Waals surface area contributed by atoms with Crippen LogP contribution >= 0.6 is 0 Å². The fourth-order valence-electron chi connectivity index (χ4n) is 2.52. The lowest BCUT2D eigenvalue weighted by atomic mass is 9.87. The maximum atomic E-state index is 5.86. The van der Waals surface area contributed by atoms with Gasteiger partial charge < -0.3 is 8.85 Å². The summed E-state index contributed by atoms with van der Waals surface area (Å²) in [7, 11) is -0.470. The minimum absolute atomic E-state index is 0.529. The van der Waals surface area contributed by atoms with Gasteiger partial charge in [0.15, 0.2) is 0 Å². The van der Waals surface area contributed by atoms with Gasteiger partial charge >= 0.3 is 8.88 Å². The monoisotopic (exact) mass is 260 g/mol. The van der Waals surface area contributed by atoms with Gasteiger partial charge in [0, 0.05) is 19.3 Å². The molecular weight excluding hydrogens is 232 g/mol. The van der Waals surface area contributed by atoms with Crippen LogP contribution in [0.5, 0.6) is 0 Å². The van der Waals surface area contributed by atoms with Gasteiger partial charge in [0.05, 0.1) is 0 Å². The largest absolute Gasteiger partial charge is 0.516 e. The van der Waals surface area contributed by atoms with E-state index in [-0.39, 0.29) is 0 Å². The smallest absolute Gasteiger partial charge is 0.371 e. The van der Waals surface area contributed by atoms with Crippen molar-refractivity contribution in [1.29, 1.82) is 0 Å². The van der Waals surface area contributed by atoms with Crippen molar-refractivity contribution in [3.8, 4) is 0 Å². The molecule has 2 atom stereocenters. The highest BCUT2D eigenvalue weighted by Crippen LogP contribution is 2.24. The summed E-state index contributed by atoms with van der Waals surface area (Å²) >= 11 is 0. The second-order valence-electron chi connectivity index (χ2n) is 4.75. The molecule has 0 aromatic rings. The minimum Gasteiger partial charge on any atom is -0.371 e. The summed E-state index contributed by atoms with van der Waals surface area (Å²) in [4.78, 5) is 6.92. The molecule has 1 fully saturated rings. The molecule has 0 aromatic heterocycles. The van der Waals surface area contributed by atoms with Gasteiger partial charge in [-0.1, -0.05) is 19.8 Å². The molecule has 1 aliphatic carbocycles. The van der Waals surface area contributed by atoms with Crippen LogP contribution in [0.15, 0.2) is 0 Å². The van der Waals surface area contributed by atoms with Crippen molar-refractivity contribution in [2.24, 2.45) is 5.92 Å². The molecule has 2 unspecified atom stereocenters. The van der Waals surface area contributed by atoms with Crippen LogP contribution in [0.4, 0.5) is 0 Å². The predicted octanol–water partition coefficient (Wildman–Crippen LogP) is 1.88. The van der Waals surface area contributed by atoms with Crippen LogP contribution in [0, 0.1) is 5.92 Å². The van der Waals surface area contributed by atoms with Gasteiger partial charge in [0.25, 0.3) is 0 Å². The third-order valence-electron chi connectivity index (χ3n) is 3.51. The Morgan fingerprint density at radius 3 is 2.18 bits per heavy atom. The van der Waals surface area contributed by atoms with Crippen LogP contribution in [0.25, 0.3) is 0 Å². The van der Waals surface area contributed by atoms with E-state index in [0.29, 0.717) is 25.2 Å². The molecule has 4 nitrogen and oxygen atoms in total. The summed E-state index contributed by atoms with van der Waals surface area (Å²) < 4.78 is 11.7. The topological polar surface area (TPSA) is 42.5 Å². The quantitative estimate of drug-likeness (QED) is 0.686. The molecule has 102 valence electrons. The molecule has 0 aromatic carbocycles. The first-order chi connectivity index (χ1) is 8.17. The highest BCUT2D eigenvalue weighted by molar-refractivity contribution is 6.62. The molecule has 1 saturated carbocycles. The summed E-state index contributed by atoms with van der Waals surface area (Å²) in [6.07, 6.45) is 5.22. The fraction of sp³-hybridized carbons (Fsp3) is 1.00. The minimum atomic E-state index is -2.40. The van der Waals surface area contributed by atoms with Crippen LogP contribution in [0.2, 0.25) is 0 Å². The maximum absolute atomic E-state index is 5.86. The molecular formula is C12H28N2O2Si. The van der Waals surface area contributed by atoms with Crippen molar-refractivity contribution < 1.29 is 8.85 Å². The van der Waals surface area contributed by atoms with E-state index in [2.05, 4.69) is 16.9 Å². The van der Waals surface area contributed by atoms with Gasteiger partial charge in [0.1, 0.15) is 0 Å². The summed E-state index contributed by atoms with van der Waals surface area (Å²) in [6, 6.07) is 0.529. The Morgan fingerprint density at radius 1 is 1.12 bits per heavy atom. The Kier molecular flexibility index (Phi) is 6.65. The van der Waals surface area contributed by atoms with Crippen molar-refractivity contribution in [2.75, 3.05) is 20.3 Å². The molecule has 0 spiro atoms. The van der Waals surface area contributed by atoms with E-state index in [4.69, 9.17) is 8.85 Å². The molecule has 0 aliphatic heterocycles. The zero-order valence-electron chi connectivity index (χ0n) is 11.7. The molecule has 5 heteroatoms. The average Bonchev–Trinajstić information content (AvgIpc) is 2.33. The van der Waals surface area contributed by atoms with Crippen molar-refractivity contribution in [1.82, 2.24) is 9.96 Å². The van der Waals surface area contributed by atoms with Gasteiger partial charge in [-0.05, 0) is 39.7 Å². The molecule has 0 amide bonds. The first-order valence-electron chi connectivity index (χ1n) is 6.92. The van der Waals surface area contributed by atoms with Crippen molar-refractivity contribution in [3.63, 3.8) is 0 Å². The van der Waals surface area contributed by atoms with E-state index in [9.17, 15) is 0 Å². The molecule has 1 rings (SSSR count). The van der Waals surface area contributed by atoms with Crippen LogP contribution < -0.4 is 9.96 Å². The summed E-state index contributed by atoms with van der Waals surface area (Å²) in [5, 5.41) is 0. The number of hydrogen-bond donors (Lipinski definition) is 2. The van der Waals surface area contributed by atoms with Crippen molar-refractivity contribution in [2.45, 2.75) is 52.5 Å². The zero-order valence-corrected chi connectivity index (χ0v) is 12.7. The van der Waals surface area contributed by atoms with Gasteiger partial charge in [-0.15, -0.1) is 0 Å². The van der Waals surface area contributed by atoms with Crippen LogP contribution in [0.1, 0.15) is 46.5 Å². The lowest BCUT2D eigenvalue weighted by Crippen LogP contribution is -2.69. The highest BCUT2D eigenvalue weighted by atomic mass is 28.4. The molecule has 0 bridgehead atoms. The van der Waals surface area contributed by atoms with Crippen molar-refractivity contribution >= 4 is 8.88 Å². The van der Waals surface area contributed by atoms with Gasteiger partial charge in [0.2, 0.25) is 0 Å². The van der Waals surface area contributed by atoms with E-state index in [0.717, 1.165) is 0 Å². The van der Waals surface area contributed by atoms with E-state index in [1.165, 1.54) is 25.7 Å². The lowest BCUT2D eigenvalue weighted by molar-refractivity contribution is 0.146. The Labute approximate surface area is 107 Å². The second kappa shape index (κ2) is 7.48. The Hall–Kier alpha value is 0.0569.